The standard InChI is InChI=1S/C23H16N2O4/c24-9-10-27-23(26)21-16-3-1-2-4-18(16)25-22-15(6-7-17(21)22)11-14-5-8-19-20(12-14)29-13-28-19/h1-5,8,11-12H,6-7,10,13H2/b15-11+. The molecule has 0 fully saturated rings. The SMILES string of the molecule is N#CCOC(=O)c1c2c(nc3ccccc13)/C(=C/c1ccc3c(c1)OCO3)CC2. The summed E-state index contributed by atoms with van der Waals surface area (Å²) in [5, 5.41) is 9.52. The molecule has 2 heterocycles. The lowest BCUT2D eigenvalue weighted by atomic mass is 10.0. The van der Waals surface area contributed by atoms with Gasteiger partial charge in [0.25, 0.3) is 0 Å². The first-order valence-electron chi connectivity index (χ1n) is 9.31. The summed E-state index contributed by atoms with van der Waals surface area (Å²) < 4.78 is 16.0. The molecular formula is C23H16N2O4. The smallest absolute Gasteiger partial charge is 0.340 e. The first-order chi connectivity index (χ1) is 14.2. The molecule has 0 atom stereocenters. The number of nitrogens with zero attached hydrogens (tertiary/aromatic N) is 2. The molecular weight excluding hydrogens is 368 g/mol. The quantitative estimate of drug-likeness (QED) is 0.632. The Morgan fingerprint density at radius 2 is 2.03 bits per heavy atom. The summed E-state index contributed by atoms with van der Waals surface area (Å²) in [7, 11) is 0. The molecule has 1 aromatic heterocycles. The highest BCUT2D eigenvalue weighted by molar-refractivity contribution is 6.07. The van der Waals surface area contributed by atoms with E-state index in [1.165, 1.54) is 0 Å². The largest absolute Gasteiger partial charge is 0.454 e. The van der Waals surface area contributed by atoms with Gasteiger partial charge in [0, 0.05) is 5.39 Å². The fourth-order valence-electron chi connectivity index (χ4n) is 3.89. The lowest BCUT2D eigenvalue weighted by Gasteiger charge is -2.11. The molecule has 0 saturated heterocycles. The summed E-state index contributed by atoms with van der Waals surface area (Å²) in [4.78, 5) is 17.6. The number of pyridine rings is 1. The molecule has 0 bridgehead atoms. The van der Waals surface area contributed by atoms with Gasteiger partial charge in [-0.25, -0.2) is 9.78 Å². The summed E-state index contributed by atoms with van der Waals surface area (Å²) in [5.74, 6) is 0.987. The summed E-state index contributed by atoms with van der Waals surface area (Å²) >= 11 is 0. The number of para-hydroxylation sites is 1. The molecule has 3 aromatic rings. The van der Waals surface area contributed by atoms with E-state index >= 15 is 0 Å². The van der Waals surface area contributed by atoms with E-state index in [9.17, 15) is 4.79 Å². The van der Waals surface area contributed by atoms with Gasteiger partial charge in [-0.15, -0.1) is 0 Å². The van der Waals surface area contributed by atoms with E-state index in [0.29, 0.717) is 12.0 Å². The fourth-order valence-corrected chi connectivity index (χ4v) is 3.89. The number of ether oxygens (including phenoxy) is 3. The Kier molecular flexibility index (Phi) is 4.14. The Labute approximate surface area is 167 Å². The monoisotopic (exact) mass is 384 g/mol. The minimum Gasteiger partial charge on any atom is -0.454 e. The van der Waals surface area contributed by atoms with E-state index in [1.54, 1.807) is 0 Å². The number of hydrogen-bond acceptors (Lipinski definition) is 6. The normalized spacial score (nSPS) is 15.3. The fraction of sp³-hybridized carbons (Fsp3) is 0.174. The van der Waals surface area contributed by atoms with Crippen LogP contribution in [0.5, 0.6) is 11.5 Å². The maximum Gasteiger partial charge on any atom is 0.340 e. The van der Waals surface area contributed by atoms with Crippen LogP contribution < -0.4 is 9.47 Å². The van der Waals surface area contributed by atoms with E-state index in [4.69, 9.17) is 24.5 Å². The zero-order chi connectivity index (χ0) is 19.8. The van der Waals surface area contributed by atoms with Gasteiger partial charge < -0.3 is 14.2 Å². The Balaban J connectivity index is 1.63. The third kappa shape index (κ3) is 2.97. The highest BCUT2D eigenvalue weighted by Crippen LogP contribution is 2.39. The minimum absolute atomic E-state index is 0.236. The summed E-state index contributed by atoms with van der Waals surface area (Å²) in [6.45, 7) is -0.0376. The van der Waals surface area contributed by atoms with Crippen LogP contribution >= 0.6 is 0 Å². The van der Waals surface area contributed by atoms with Crippen LogP contribution in [0.3, 0.4) is 0 Å². The van der Waals surface area contributed by atoms with Gasteiger partial charge in [0.1, 0.15) is 6.07 Å². The zero-order valence-electron chi connectivity index (χ0n) is 15.5. The van der Waals surface area contributed by atoms with Crippen molar-refractivity contribution >= 4 is 28.5 Å². The lowest BCUT2D eigenvalue weighted by Crippen LogP contribution is -2.10. The molecule has 0 spiro atoms. The van der Waals surface area contributed by atoms with E-state index in [2.05, 4.69) is 6.08 Å². The number of nitriles is 1. The Morgan fingerprint density at radius 1 is 1.17 bits per heavy atom. The first kappa shape index (κ1) is 17.3. The van der Waals surface area contributed by atoms with E-state index in [0.717, 1.165) is 51.2 Å². The molecule has 0 saturated carbocycles. The van der Waals surface area contributed by atoms with Gasteiger partial charge in [0.2, 0.25) is 6.79 Å². The summed E-state index contributed by atoms with van der Waals surface area (Å²) in [5.41, 5.74) is 4.96. The minimum atomic E-state index is -0.481. The molecule has 0 amide bonds. The van der Waals surface area contributed by atoms with Crippen molar-refractivity contribution in [1.82, 2.24) is 4.98 Å². The van der Waals surface area contributed by atoms with Gasteiger partial charge in [-0.2, -0.15) is 5.26 Å². The molecule has 0 radical (unpaired) electrons. The second-order valence-corrected chi connectivity index (χ2v) is 6.85. The van der Waals surface area contributed by atoms with Gasteiger partial charge in [0.05, 0.1) is 16.8 Å². The molecule has 2 aromatic carbocycles. The number of rotatable bonds is 3. The first-order valence-corrected chi connectivity index (χ1v) is 9.31. The average molecular weight is 384 g/mol. The Bertz CT molecular complexity index is 1220. The molecule has 6 nitrogen and oxygen atoms in total. The number of carbonyl (C=O) groups is 1. The van der Waals surface area contributed by atoms with Crippen molar-refractivity contribution in [1.29, 1.82) is 5.26 Å². The van der Waals surface area contributed by atoms with Crippen molar-refractivity contribution in [3.05, 3.63) is 64.8 Å². The molecule has 1 aliphatic heterocycles. The van der Waals surface area contributed by atoms with Crippen LogP contribution in [0.4, 0.5) is 0 Å². The number of carbonyl (C=O) groups excluding carboxylic acids is 1. The van der Waals surface area contributed by atoms with Gasteiger partial charge in [-0.3, -0.25) is 0 Å². The van der Waals surface area contributed by atoms with Crippen LogP contribution in [0.25, 0.3) is 22.6 Å². The summed E-state index contributed by atoms with van der Waals surface area (Å²) in [6.07, 6.45) is 3.53. The number of aromatic nitrogens is 1. The Hall–Kier alpha value is -3.85. The van der Waals surface area contributed by atoms with Gasteiger partial charge in [-0.05, 0) is 53.8 Å². The second-order valence-electron chi connectivity index (χ2n) is 6.85. The molecule has 5 rings (SSSR count). The topological polar surface area (TPSA) is 81.4 Å². The predicted octanol–water partition coefficient (Wildman–Crippen LogP) is 4.13. The van der Waals surface area contributed by atoms with E-state index < -0.39 is 5.97 Å². The average Bonchev–Trinajstić information content (AvgIpc) is 3.37. The lowest BCUT2D eigenvalue weighted by molar-refractivity contribution is 0.0556. The van der Waals surface area contributed by atoms with Crippen LogP contribution in [-0.4, -0.2) is 24.4 Å². The van der Waals surface area contributed by atoms with E-state index in [-0.39, 0.29) is 13.4 Å². The molecule has 142 valence electrons. The van der Waals surface area contributed by atoms with Gasteiger partial charge >= 0.3 is 5.97 Å². The van der Waals surface area contributed by atoms with Crippen LogP contribution in [0, 0.1) is 11.3 Å². The van der Waals surface area contributed by atoms with Crippen molar-refractivity contribution in [2.24, 2.45) is 0 Å². The maximum absolute atomic E-state index is 12.7. The summed E-state index contributed by atoms with van der Waals surface area (Å²) in [6, 6.07) is 15.2. The zero-order valence-corrected chi connectivity index (χ0v) is 15.5. The molecule has 0 N–H and O–H groups in total. The third-order valence-corrected chi connectivity index (χ3v) is 5.15. The maximum atomic E-state index is 12.7. The number of esters is 1. The predicted molar refractivity (Wildman–Crippen MR) is 106 cm³/mol. The van der Waals surface area contributed by atoms with Gasteiger partial charge in [-0.1, -0.05) is 24.3 Å². The number of hydrogen-bond donors (Lipinski definition) is 0. The molecule has 1 aliphatic carbocycles. The van der Waals surface area contributed by atoms with Crippen molar-refractivity contribution in [3.63, 3.8) is 0 Å². The van der Waals surface area contributed by atoms with Crippen molar-refractivity contribution in [2.45, 2.75) is 12.8 Å². The van der Waals surface area contributed by atoms with Gasteiger partial charge in [0.15, 0.2) is 18.1 Å². The van der Waals surface area contributed by atoms with Crippen LogP contribution in [0.2, 0.25) is 0 Å². The van der Waals surface area contributed by atoms with Crippen LogP contribution in [-0.2, 0) is 11.2 Å². The third-order valence-electron chi connectivity index (χ3n) is 5.15. The molecule has 2 aliphatic rings. The Morgan fingerprint density at radius 3 is 2.93 bits per heavy atom. The van der Waals surface area contributed by atoms with Crippen LogP contribution in [0.1, 0.15) is 33.6 Å². The van der Waals surface area contributed by atoms with Crippen molar-refractivity contribution in [2.75, 3.05) is 13.4 Å². The number of allylic oxidation sites excluding steroid dienone is 1. The molecule has 6 heteroatoms. The second kappa shape index (κ2) is 6.95. The highest BCUT2D eigenvalue weighted by atomic mass is 16.7. The van der Waals surface area contributed by atoms with Crippen LogP contribution in [0.15, 0.2) is 42.5 Å². The van der Waals surface area contributed by atoms with E-state index in [1.807, 2.05) is 48.5 Å². The number of fused-ring (bicyclic) bond motifs is 3. The number of benzene rings is 2. The van der Waals surface area contributed by atoms with Crippen molar-refractivity contribution < 1.29 is 19.0 Å². The highest BCUT2D eigenvalue weighted by Gasteiger charge is 2.27. The molecule has 0 unspecified atom stereocenters. The molecule has 29 heavy (non-hydrogen) atoms. The van der Waals surface area contributed by atoms with Crippen molar-refractivity contribution in [3.8, 4) is 17.6 Å².